The molecule has 2 atom stereocenters. The first-order chi connectivity index (χ1) is 19.9. The molecule has 2 aromatic carbocycles. The standard InChI is InChI=1S/C28H32N3O4.C2HF3O2/c1-19-27(34-20(2)29-19)24(32)17-31-15-13-21(14-16-31)25(18-31)35-28(33)26(22-9-5-3-6-10-22)30-23-11-7-4-8-12-23;3-2(4,5)1(6)7/h3-12,21,25-26,30H,13-18H2,1-2H3;(H,6,7)/q+1;/p-1/t21?,25-,26+,31?;/m0./s1. The Morgan fingerprint density at radius 1 is 1.05 bits per heavy atom. The van der Waals surface area contributed by atoms with Crippen LogP contribution in [0.15, 0.2) is 65.1 Å². The van der Waals surface area contributed by atoms with E-state index in [1.807, 2.05) is 60.7 Å². The van der Waals surface area contributed by atoms with Crippen molar-refractivity contribution in [2.75, 3.05) is 31.5 Å². The van der Waals surface area contributed by atoms with Gasteiger partial charge in [-0.3, -0.25) is 4.79 Å². The number of aromatic nitrogens is 1. The Balaban J connectivity index is 0.000000517. The Morgan fingerprint density at radius 3 is 2.14 bits per heavy atom. The lowest BCUT2D eigenvalue weighted by Crippen LogP contribution is -2.65. The van der Waals surface area contributed by atoms with E-state index in [1.165, 1.54) is 0 Å². The Morgan fingerprint density at radius 2 is 1.62 bits per heavy atom. The van der Waals surface area contributed by atoms with Gasteiger partial charge in [0.15, 0.2) is 23.8 Å². The van der Waals surface area contributed by atoms with Gasteiger partial charge in [0.05, 0.1) is 18.8 Å². The van der Waals surface area contributed by atoms with Crippen molar-refractivity contribution in [1.29, 1.82) is 0 Å². The van der Waals surface area contributed by atoms with Crippen molar-refractivity contribution < 1.29 is 46.3 Å². The first-order valence-corrected chi connectivity index (χ1v) is 13.5. The molecular formula is C30H32F3N3O6. The van der Waals surface area contributed by atoms with E-state index in [0.29, 0.717) is 40.8 Å². The number of carboxylic acid groups (broad SMARTS) is 1. The molecule has 12 heteroatoms. The zero-order valence-corrected chi connectivity index (χ0v) is 23.2. The predicted molar refractivity (Wildman–Crippen MR) is 143 cm³/mol. The highest BCUT2D eigenvalue weighted by Crippen LogP contribution is 2.37. The number of quaternary nitrogens is 1. The van der Waals surface area contributed by atoms with Crippen LogP contribution in [0.2, 0.25) is 0 Å². The molecule has 3 aromatic rings. The second-order valence-electron chi connectivity index (χ2n) is 10.7. The van der Waals surface area contributed by atoms with Gasteiger partial charge in [0, 0.05) is 31.4 Å². The van der Waals surface area contributed by atoms with Crippen molar-refractivity contribution in [3.8, 4) is 0 Å². The van der Waals surface area contributed by atoms with E-state index >= 15 is 0 Å². The van der Waals surface area contributed by atoms with Gasteiger partial charge in [-0.15, -0.1) is 0 Å². The summed E-state index contributed by atoms with van der Waals surface area (Å²) in [5.41, 5.74) is 2.36. The topological polar surface area (TPSA) is 122 Å². The smallest absolute Gasteiger partial charge is 0.430 e. The molecule has 0 amide bonds. The van der Waals surface area contributed by atoms with Crippen molar-refractivity contribution >= 4 is 23.4 Å². The van der Waals surface area contributed by atoms with Gasteiger partial charge in [-0.05, 0) is 24.6 Å². The van der Waals surface area contributed by atoms with Crippen molar-refractivity contribution in [3.63, 3.8) is 0 Å². The summed E-state index contributed by atoms with van der Waals surface area (Å²) in [4.78, 5) is 39.6. The number of hydrogen-bond acceptors (Lipinski definition) is 8. The molecule has 9 nitrogen and oxygen atoms in total. The predicted octanol–water partition coefficient (Wildman–Crippen LogP) is 3.78. The number of carbonyl (C=O) groups excluding carboxylic acids is 3. The van der Waals surface area contributed by atoms with Crippen LogP contribution >= 0.6 is 0 Å². The average Bonchev–Trinajstić information content (AvgIpc) is 3.30. The molecule has 2 bridgehead atoms. The number of carboxylic acids is 1. The molecular weight excluding hydrogens is 555 g/mol. The van der Waals surface area contributed by atoms with E-state index in [2.05, 4.69) is 10.3 Å². The minimum Gasteiger partial charge on any atom is -0.542 e. The summed E-state index contributed by atoms with van der Waals surface area (Å²) >= 11 is 0. The lowest BCUT2D eigenvalue weighted by atomic mass is 9.83. The first kappa shape index (κ1) is 30.8. The molecule has 224 valence electrons. The highest BCUT2D eigenvalue weighted by molar-refractivity contribution is 5.95. The van der Waals surface area contributed by atoms with Crippen LogP contribution < -0.4 is 10.4 Å². The zero-order chi connectivity index (χ0) is 30.5. The summed E-state index contributed by atoms with van der Waals surface area (Å²) in [5.74, 6) is -2.13. The maximum Gasteiger partial charge on any atom is 0.430 e. The fourth-order valence-corrected chi connectivity index (χ4v) is 5.59. The quantitative estimate of drug-likeness (QED) is 0.240. The molecule has 4 heterocycles. The number of para-hydroxylation sites is 1. The molecule has 42 heavy (non-hydrogen) atoms. The molecule has 0 saturated carbocycles. The molecule has 6 rings (SSSR count). The number of hydrogen-bond donors (Lipinski definition) is 1. The number of Topliss-reactive ketones (excluding diaryl/α,β-unsaturated/α-hetero) is 1. The number of ketones is 1. The number of carbonyl (C=O) groups is 3. The monoisotopic (exact) mass is 587 g/mol. The molecule has 0 radical (unpaired) electrons. The minimum absolute atomic E-state index is 0.0265. The van der Waals surface area contributed by atoms with Crippen LogP contribution in [0.25, 0.3) is 0 Å². The number of nitrogens with one attached hydrogen (secondary N) is 1. The molecule has 1 aromatic heterocycles. The summed E-state index contributed by atoms with van der Waals surface area (Å²) < 4.78 is 44.0. The largest absolute Gasteiger partial charge is 0.542 e. The van der Waals surface area contributed by atoms with Gasteiger partial charge < -0.3 is 28.9 Å². The lowest BCUT2D eigenvalue weighted by molar-refractivity contribution is -0.938. The van der Waals surface area contributed by atoms with Crippen LogP contribution in [0.4, 0.5) is 18.9 Å². The second kappa shape index (κ2) is 12.8. The number of esters is 1. The van der Waals surface area contributed by atoms with Crippen LogP contribution in [0.3, 0.4) is 0 Å². The number of aliphatic carboxylic acids is 1. The Bertz CT molecular complexity index is 1390. The highest BCUT2D eigenvalue weighted by Gasteiger charge is 2.49. The fraction of sp³-hybridized carbons (Fsp3) is 0.400. The highest BCUT2D eigenvalue weighted by atomic mass is 19.4. The minimum atomic E-state index is -5.19. The third kappa shape index (κ3) is 7.55. The Labute approximate surface area is 240 Å². The van der Waals surface area contributed by atoms with E-state index in [4.69, 9.17) is 19.1 Å². The van der Waals surface area contributed by atoms with E-state index in [9.17, 15) is 22.8 Å². The van der Waals surface area contributed by atoms with E-state index in [-0.39, 0.29) is 17.9 Å². The number of aryl methyl sites for hydroxylation is 2. The van der Waals surface area contributed by atoms with Gasteiger partial charge in [0.25, 0.3) is 5.78 Å². The molecule has 3 saturated heterocycles. The summed E-state index contributed by atoms with van der Waals surface area (Å²) in [6, 6.07) is 18.8. The number of nitrogens with zero attached hydrogens (tertiary/aromatic N) is 2. The Hall–Kier alpha value is -4.19. The SMILES string of the molecule is Cc1nc(C)c(C(=O)C[N+]23CCC(CC2)[C@@H](OC(=O)[C@H](Nc2ccccc2)c2ccccc2)C3)o1.O=C([O-])C(F)(F)F. The zero-order valence-electron chi connectivity index (χ0n) is 23.2. The van der Waals surface area contributed by atoms with Gasteiger partial charge in [-0.2, -0.15) is 13.2 Å². The molecule has 3 aliphatic rings. The number of piperidine rings is 3. The second-order valence-corrected chi connectivity index (χ2v) is 10.7. The number of ether oxygens (including phenoxy) is 1. The van der Waals surface area contributed by atoms with E-state index < -0.39 is 18.2 Å². The lowest BCUT2D eigenvalue weighted by Gasteiger charge is -2.51. The number of fused-ring (bicyclic) bond motifs is 3. The summed E-state index contributed by atoms with van der Waals surface area (Å²) in [6.45, 7) is 6.40. The average molecular weight is 588 g/mol. The van der Waals surface area contributed by atoms with Crippen LogP contribution in [-0.4, -0.2) is 65.6 Å². The number of benzene rings is 2. The third-order valence-electron chi connectivity index (χ3n) is 7.63. The van der Waals surface area contributed by atoms with Crippen molar-refractivity contribution in [3.05, 3.63) is 83.6 Å². The van der Waals surface area contributed by atoms with Crippen LogP contribution in [-0.2, 0) is 14.3 Å². The van der Waals surface area contributed by atoms with Crippen molar-refractivity contribution in [2.24, 2.45) is 5.92 Å². The molecule has 0 aliphatic carbocycles. The molecule has 0 spiro atoms. The maximum atomic E-state index is 13.5. The normalized spacial score (nSPS) is 21.9. The molecule has 1 N–H and O–H groups in total. The van der Waals surface area contributed by atoms with Gasteiger partial charge in [-0.1, -0.05) is 48.5 Å². The number of anilines is 1. The maximum absolute atomic E-state index is 13.5. The first-order valence-electron chi connectivity index (χ1n) is 13.5. The van der Waals surface area contributed by atoms with Crippen LogP contribution in [0.5, 0.6) is 0 Å². The van der Waals surface area contributed by atoms with Crippen LogP contribution in [0.1, 0.15) is 46.6 Å². The van der Waals surface area contributed by atoms with Gasteiger partial charge in [-0.25, -0.2) is 9.78 Å². The van der Waals surface area contributed by atoms with E-state index in [0.717, 1.165) is 37.2 Å². The van der Waals surface area contributed by atoms with Gasteiger partial charge in [0.1, 0.15) is 19.1 Å². The number of oxazole rings is 1. The van der Waals surface area contributed by atoms with Crippen molar-refractivity contribution in [2.45, 2.75) is 45.0 Å². The van der Waals surface area contributed by atoms with E-state index in [1.54, 1.807) is 13.8 Å². The summed E-state index contributed by atoms with van der Waals surface area (Å²) in [6.07, 6.45) is -3.51. The summed E-state index contributed by atoms with van der Waals surface area (Å²) in [5, 5.41) is 12.1. The summed E-state index contributed by atoms with van der Waals surface area (Å²) in [7, 11) is 0. The number of alkyl halides is 3. The Kier molecular flexibility index (Phi) is 9.35. The number of rotatable bonds is 8. The fourth-order valence-electron chi connectivity index (χ4n) is 5.59. The molecule has 3 aliphatic heterocycles. The van der Waals surface area contributed by atoms with Crippen molar-refractivity contribution in [1.82, 2.24) is 4.98 Å². The molecule has 3 fully saturated rings. The van der Waals surface area contributed by atoms with Gasteiger partial charge in [0.2, 0.25) is 0 Å². The molecule has 0 unspecified atom stereocenters. The van der Waals surface area contributed by atoms with Gasteiger partial charge >= 0.3 is 12.1 Å². The third-order valence-corrected chi connectivity index (χ3v) is 7.63. The van der Waals surface area contributed by atoms with Crippen LogP contribution in [0, 0.1) is 19.8 Å². The number of halogens is 3.